The Labute approximate surface area is 235 Å². The number of hydrogen-bond acceptors (Lipinski definition) is 4. The topological polar surface area (TPSA) is 75.4 Å². The molecule has 1 aromatic heterocycles. The van der Waals surface area contributed by atoms with Gasteiger partial charge < -0.3 is 10.0 Å². The molecule has 0 radical (unpaired) electrons. The average molecular weight is 561 g/mol. The van der Waals surface area contributed by atoms with Gasteiger partial charge in [0.1, 0.15) is 5.78 Å². The Kier molecular flexibility index (Phi) is 7.24. The first kappa shape index (κ1) is 27.7. The second-order valence-corrected chi connectivity index (χ2v) is 13.5. The zero-order valence-electron chi connectivity index (χ0n) is 23.0. The molecule has 3 fully saturated rings. The van der Waals surface area contributed by atoms with Gasteiger partial charge in [-0.05, 0) is 81.8 Å². The maximum atomic E-state index is 14.1. The Hall–Kier alpha value is -1.89. The lowest BCUT2D eigenvalue weighted by Crippen LogP contribution is -2.43. The highest BCUT2D eigenvalue weighted by molar-refractivity contribution is 6.36. The van der Waals surface area contributed by atoms with E-state index in [4.69, 9.17) is 23.2 Å². The van der Waals surface area contributed by atoms with E-state index in [1.807, 2.05) is 16.5 Å². The third kappa shape index (κ3) is 4.71. The van der Waals surface area contributed by atoms with Crippen molar-refractivity contribution in [1.82, 2.24) is 14.7 Å². The number of fused-ring (bicyclic) bond motifs is 1. The SMILES string of the molecule is Cc1c(C(=O)N(CC(O)c2c(Cl)cccc2Cl)[C@H]2C[C@@H]3[C@H](C2)C3(C)C)cnn1[C@H]1CC[C@](C)(C(C)=O)CC1. The Morgan fingerprint density at radius 1 is 1.13 bits per heavy atom. The number of benzene rings is 1. The van der Waals surface area contributed by atoms with E-state index in [1.165, 1.54) is 0 Å². The van der Waals surface area contributed by atoms with Crippen LogP contribution in [0.4, 0.5) is 0 Å². The molecule has 3 saturated carbocycles. The van der Waals surface area contributed by atoms with Gasteiger partial charge in [-0.2, -0.15) is 5.10 Å². The number of rotatable bonds is 7. The largest absolute Gasteiger partial charge is 0.386 e. The normalized spacial score (nSPS) is 30.5. The van der Waals surface area contributed by atoms with Gasteiger partial charge in [-0.25, -0.2) is 0 Å². The Bertz CT molecular complexity index is 1210. The Morgan fingerprint density at radius 3 is 2.26 bits per heavy atom. The maximum absolute atomic E-state index is 14.1. The van der Waals surface area contributed by atoms with Crippen molar-refractivity contribution in [1.29, 1.82) is 0 Å². The molecule has 0 aliphatic heterocycles. The monoisotopic (exact) mass is 559 g/mol. The van der Waals surface area contributed by atoms with Gasteiger partial charge >= 0.3 is 0 Å². The fourth-order valence-electron chi connectivity index (χ4n) is 7.23. The van der Waals surface area contributed by atoms with E-state index in [0.29, 0.717) is 38.4 Å². The summed E-state index contributed by atoms with van der Waals surface area (Å²) in [6, 6.07) is 5.39. The molecular weight excluding hydrogens is 521 g/mol. The zero-order valence-corrected chi connectivity index (χ0v) is 24.5. The van der Waals surface area contributed by atoms with Crippen LogP contribution in [0.5, 0.6) is 0 Å². The van der Waals surface area contributed by atoms with Crippen LogP contribution in [0, 0.1) is 29.6 Å². The second-order valence-electron chi connectivity index (χ2n) is 12.7. The number of hydrogen-bond donors (Lipinski definition) is 1. The first-order valence-corrected chi connectivity index (χ1v) is 14.6. The fraction of sp³-hybridized carbons (Fsp3) is 0.633. The molecule has 1 aromatic carbocycles. The molecule has 0 saturated heterocycles. The van der Waals surface area contributed by atoms with Gasteiger partial charge in [0.05, 0.1) is 30.5 Å². The van der Waals surface area contributed by atoms with Crippen molar-refractivity contribution in [3.63, 3.8) is 0 Å². The molecule has 3 aliphatic rings. The van der Waals surface area contributed by atoms with Gasteiger partial charge in [0.2, 0.25) is 0 Å². The summed E-state index contributed by atoms with van der Waals surface area (Å²) < 4.78 is 1.97. The first-order valence-electron chi connectivity index (χ1n) is 13.8. The predicted molar refractivity (Wildman–Crippen MR) is 149 cm³/mol. The molecule has 1 unspecified atom stereocenters. The molecule has 1 amide bonds. The van der Waals surface area contributed by atoms with Crippen LogP contribution in [0.1, 0.15) is 100.0 Å². The number of Topliss-reactive ketones (excluding diaryl/α,β-unsaturated/α-hetero) is 1. The van der Waals surface area contributed by atoms with Crippen LogP contribution < -0.4 is 0 Å². The van der Waals surface area contributed by atoms with Crippen molar-refractivity contribution in [2.45, 2.75) is 91.3 Å². The summed E-state index contributed by atoms with van der Waals surface area (Å²) in [5.74, 6) is 1.34. The van der Waals surface area contributed by atoms with Gasteiger partial charge in [-0.15, -0.1) is 0 Å². The number of aliphatic hydroxyl groups excluding tert-OH is 1. The molecule has 8 heteroatoms. The van der Waals surface area contributed by atoms with E-state index in [9.17, 15) is 14.7 Å². The van der Waals surface area contributed by atoms with E-state index in [0.717, 1.165) is 44.2 Å². The summed E-state index contributed by atoms with van der Waals surface area (Å²) in [5, 5.41) is 16.7. The van der Waals surface area contributed by atoms with Crippen molar-refractivity contribution in [3.05, 3.63) is 51.3 Å². The zero-order chi connectivity index (χ0) is 27.6. The number of carbonyl (C=O) groups is 2. The van der Waals surface area contributed by atoms with Gasteiger partial charge in [-0.3, -0.25) is 14.3 Å². The van der Waals surface area contributed by atoms with E-state index < -0.39 is 6.10 Å². The summed E-state index contributed by atoms with van der Waals surface area (Å²) >= 11 is 12.8. The van der Waals surface area contributed by atoms with Crippen molar-refractivity contribution < 1.29 is 14.7 Å². The maximum Gasteiger partial charge on any atom is 0.257 e. The number of halogens is 2. The molecule has 5 rings (SSSR count). The number of aromatic nitrogens is 2. The minimum atomic E-state index is -0.997. The van der Waals surface area contributed by atoms with Crippen LogP contribution in [-0.2, 0) is 4.79 Å². The third-order valence-corrected chi connectivity index (χ3v) is 10.9. The molecule has 2 aromatic rings. The fourth-order valence-corrected chi connectivity index (χ4v) is 7.88. The second kappa shape index (κ2) is 9.94. The van der Waals surface area contributed by atoms with Gasteiger partial charge in [0.25, 0.3) is 5.91 Å². The van der Waals surface area contributed by atoms with Crippen molar-refractivity contribution in [2.24, 2.45) is 22.7 Å². The molecule has 206 valence electrons. The lowest BCUT2D eigenvalue weighted by Gasteiger charge is -2.36. The average Bonchev–Trinajstić information content (AvgIpc) is 3.24. The predicted octanol–water partition coefficient (Wildman–Crippen LogP) is 6.82. The molecule has 4 atom stereocenters. The molecule has 1 heterocycles. The van der Waals surface area contributed by atoms with Crippen LogP contribution in [0.25, 0.3) is 0 Å². The lowest BCUT2D eigenvalue weighted by molar-refractivity contribution is -0.127. The lowest BCUT2D eigenvalue weighted by atomic mass is 9.71. The van der Waals surface area contributed by atoms with Crippen molar-refractivity contribution in [2.75, 3.05) is 6.54 Å². The Balaban J connectivity index is 1.39. The Morgan fingerprint density at radius 2 is 1.71 bits per heavy atom. The summed E-state index contributed by atoms with van der Waals surface area (Å²) in [6.45, 7) is 10.4. The third-order valence-electron chi connectivity index (χ3n) is 10.3. The minimum Gasteiger partial charge on any atom is -0.386 e. The standard InChI is InChI=1S/C30H39Cl2N3O3/c1-17-21(15-33-35(17)19-9-11-30(5,12-10-19)18(2)36)28(38)34(20-13-22-23(14-20)29(22,3)4)16-26(37)27-24(31)7-6-8-25(27)32/h6-8,15,19-20,22-23,26,37H,9-14,16H2,1-5H3/t19-,20-,22+,23-,26?,30-. The highest BCUT2D eigenvalue weighted by atomic mass is 35.5. The highest BCUT2D eigenvalue weighted by Gasteiger charge is 2.63. The smallest absolute Gasteiger partial charge is 0.257 e. The molecule has 1 N–H and O–H groups in total. The van der Waals surface area contributed by atoms with Crippen molar-refractivity contribution in [3.8, 4) is 0 Å². The molecule has 0 spiro atoms. The quantitative estimate of drug-likeness (QED) is 0.403. The molecule has 38 heavy (non-hydrogen) atoms. The van der Waals surface area contributed by atoms with Gasteiger partial charge in [-0.1, -0.05) is 50.0 Å². The van der Waals surface area contributed by atoms with E-state index >= 15 is 0 Å². The van der Waals surface area contributed by atoms with Crippen LogP contribution in [0.15, 0.2) is 24.4 Å². The van der Waals surface area contributed by atoms with Crippen LogP contribution >= 0.6 is 23.2 Å². The number of carbonyl (C=O) groups excluding carboxylic acids is 2. The van der Waals surface area contributed by atoms with E-state index in [1.54, 1.807) is 31.3 Å². The van der Waals surface area contributed by atoms with Gasteiger partial charge in [0, 0.05) is 32.8 Å². The number of amides is 1. The number of ketones is 1. The van der Waals surface area contributed by atoms with E-state index in [2.05, 4.69) is 25.9 Å². The van der Waals surface area contributed by atoms with Crippen LogP contribution in [0.2, 0.25) is 10.0 Å². The number of nitrogens with zero attached hydrogens (tertiary/aromatic N) is 3. The summed E-state index contributed by atoms with van der Waals surface area (Å²) in [4.78, 5) is 28.1. The molecule has 0 bridgehead atoms. The van der Waals surface area contributed by atoms with Crippen LogP contribution in [0.3, 0.4) is 0 Å². The highest BCUT2D eigenvalue weighted by Crippen LogP contribution is 2.67. The minimum absolute atomic E-state index is 0.0511. The van der Waals surface area contributed by atoms with E-state index in [-0.39, 0.29) is 35.7 Å². The molecule has 3 aliphatic carbocycles. The molecule has 6 nitrogen and oxygen atoms in total. The van der Waals surface area contributed by atoms with Crippen molar-refractivity contribution >= 4 is 34.9 Å². The van der Waals surface area contributed by atoms with Crippen LogP contribution in [-0.4, -0.2) is 44.1 Å². The van der Waals surface area contributed by atoms with Gasteiger partial charge in [0.15, 0.2) is 0 Å². The molecular formula is C30H39Cl2N3O3. The summed E-state index contributed by atoms with van der Waals surface area (Å²) in [5.41, 5.74) is 1.93. The summed E-state index contributed by atoms with van der Waals surface area (Å²) in [7, 11) is 0. The first-order chi connectivity index (χ1) is 17.8. The number of aliphatic hydroxyl groups is 1. The summed E-state index contributed by atoms with van der Waals surface area (Å²) in [6.07, 6.45) is 5.93.